The molecule has 0 radical (unpaired) electrons. The molecule has 3 aromatic rings. The Bertz CT molecular complexity index is 1010. The molecule has 3 nitrogen and oxygen atoms in total. The molecule has 1 amide bonds. The van der Waals surface area contributed by atoms with Gasteiger partial charge >= 0.3 is 0 Å². The second-order valence-electron chi connectivity index (χ2n) is 4.68. The van der Waals surface area contributed by atoms with Crippen molar-refractivity contribution >= 4 is 27.5 Å². The van der Waals surface area contributed by atoms with Gasteiger partial charge in [-0.1, -0.05) is 23.5 Å². The number of halogens is 4. The lowest BCUT2D eigenvalue weighted by molar-refractivity contribution is 0.0992. The molecule has 0 aliphatic carbocycles. The lowest BCUT2D eigenvalue weighted by atomic mass is 10.2. The first-order valence-corrected chi connectivity index (χ1v) is 7.18. The number of thiazole rings is 1. The number of para-hydroxylation sites is 1. The highest BCUT2D eigenvalue weighted by Gasteiger charge is 2.23. The summed E-state index contributed by atoms with van der Waals surface area (Å²) in [5, 5.41) is 0. The quantitative estimate of drug-likeness (QED) is 0.379. The van der Waals surface area contributed by atoms with E-state index in [1.54, 1.807) is 35.9 Å². The van der Waals surface area contributed by atoms with Crippen LogP contribution in [0.5, 0.6) is 0 Å². The number of aryl methyl sites for hydroxylation is 1. The van der Waals surface area contributed by atoms with Crippen LogP contribution in [0.15, 0.2) is 35.3 Å². The standard InChI is InChI=1S/C15H8F4N2OS/c1-21-9-4-2-3-5-10(9)23-15(21)20-14(22)7-6-8(16)12(18)13(19)11(7)17/h2-6H,1H3. The van der Waals surface area contributed by atoms with Crippen molar-refractivity contribution in [2.45, 2.75) is 0 Å². The monoisotopic (exact) mass is 340 g/mol. The van der Waals surface area contributed by atoms with Gasteiger partial charge in [-0.15, -0.1) is 0 Å². The molecule has 0 bridgehead atoms. The number of amides is 1. The van der Waals surface area contributed by atoms with Crippen molar-refractivity contribution in [1.82, 2.24) is 4.57 Å². The van der Waals surface area contributed by atoms with Crippen LogP contribution in [0, 0.1) is 23.3 Å². The van der Waals surface area contributed by atoms with E-state index in [4.69, 9.17) is 0 Å². The van der Waals surface area contributed by atoms with Gasteiger partial charge in [-0.05, 0) is 18.2 Å². The number of hydrogen-bond donors (Lipinski definition) is 0. The first-order valence-electron chi connectivity index (χ1n) is 6.36. The molecule has 0 saturated carbocycles. The molecule has 0 saturated heterocycles. The SMILES string of the molecule is Cn1c(=NC(=O)c2cc(F)c(F)c(F)c2F)sc2ccccc21. The smallest absolute Gasteiger partial charge is 0.282 e. The van der Waals surface area contributed by atoms with Gasteiger partial charge < -0.3 is 4.57 Å². The highest BCUT2D eigenvalue weighted by atomic mass is 32.1. The normalized spacial score (nSPS) is 12.1. The molecule has 0 aliphatic rings. The van der Waals surface area contributed by atoms with E-state index in [1.807, 2.05) is 0 Å². The minimum Gasteiger partial charge on any atom is -0.319 e. The zero-order valence-corrected chi connectivity index (χ0v) is 12.4. The van der Waals surface area contributed by atoms with Crippen LogP contribution in [-0.2, 0) is 7.05 Å². The molecule has 23 heavy (non-hydrogen) atoms. The van der Waals surface area contributed by atoms with Crippen LogP contribution in [0.4, 0.5) is 17.6 Å². The van der Waals surface area contributed by atoms with Gasteiger partial charge in [0.2, 0.25) is 0 Å². The van der Waals surface area contributed by atoms with Gasteiger partial charge in [0.1, 0.15) is 0 Å². The Balaban J connectivity index is 2.16. The van der Waals surface area contributed by atoms with E-state index in [9.17, 15) is 22.4 Å². The van der Waals surface area contributed by atoms with Crippen molar-refractivity contribution in [3.05, 3.63) is 64.0 Å². The van der Waals surface area contributed by atoms with E-state index in [1.165, 1.54) is 0 Å². The Morgan fingerprint density at radius 3 is 2.48 bits per heavy atom. The average molecular weight is 340 g/mol. The molecular formula is C15H8F4N2OS. The molecule has 0 N–H and O–H groups in total. The van der Waals surface area contributed by atoms with Crippen LogP contribution in [0.1, 0.15) is 10.4 Å². The molecule has 8 heteroatoms. The maximum Gasteiger partial charge on any atom is 0.282 e. The maximum absolute atomic E-state index is 13.6. The summed E-state index contributed by atoms with van der Waals surface area (Å²) in [5.74, 6) is -8.61. The van der Waals surface area contributed by atoms with Gasteiger partial charge in [-0.2, -0.15) is 4.99 Å². The molecular weight excluding hydrogens is 332 g/mol. The third-order valence-electron chi connectivity index (χ3n) is 3.25. The molecule has 0 aliphatic heterocycles. The van der Waals surface area contributed by atoms with Crippen LogP contribution in [0.3, 0.4) is 0 Å². The molecule has 1 heterocycles. The number of carbonyl (C=O) groups is 1. The highest BCUT2D eigenvalue weighted by molar-refractivity contribution is 7.16. The molecule has 118 valence electrons. The Morgan fingerprint density at radius 1 is 1.09 bits per heavy atom. The number of hydrogen-bond acceptors (Lipinski definition) is 2. The predicted octanol–water partition coefficient (Wildman–Crippen LogP) is 3.54. The predicted molar refractivity (Wildman–Crippen MR) is 77.0 cm³/mol. The topological polar surface area (TPSA) is 34.4 Å². The van der Waals surface area contributed by atoms with Gasteiger partial charge in [-0.3, -0.25) is 4.79 Å². The lowest BCUT2D eigenvalue weighted by Crippen LogP contribution is -2.15. The number of benzene rings is 2. The van der Waals surface area contributed by atoms with Crippen molar-refractivity contribution in [1.29, 1.82) is 0 Å². The Labute approximate surface area is 131 Å². The van der Waals surface area contributed by atoms with E-state index in [2.05, 4.69) is 4.99 Å². The van der Waals surface area contributed by atoms with Crippen molar-refractivity contribution in [3.63, 3.8) is 0 Å². The van der Waals surface area contributed by atoms with Gasteiger partial charge in [-0.25, -0.2) is 17.6 Å². The van der Waals surface area contributed by atoms with Crippen molar-refractivity contribution in [2.75, 3.05) is 0 Å². The second-order valence-corrected chi connectivity index (χ2v) is 5.69. The van der Waals surface area contributed by atoms with E-state index in [0.29, 0.717) is 6.07 Å². The Kier molecular flexibility index (Phi) is 3.77. The number of aromatic nitrogens is 1. The number of nitrogens with zero attached hydrogens (tertiary/aromatic N) is 2. The summed E-state index contributed by atoms with van der Waals surface area (Å²) in [6, 6.07) is 7.50. The van der Waals surface area contributed by atoms with E-state index < -0.39 is 34.7 Å². The molecule has 0 atom stereocenters. The van der Waals surface area contributed by atoms with Gasteiger partial charge in [0.15, 0.2) is 28.1 Å². The molecule has 0 fully saturated rings. The van der Waals surface area contributed by atoms with Crippen molar-refractivity contribution < 1.29 is 22.4 Å². The summed E-state index contributed by atoms with van der Waals surface area (Å²) in [7, 11) is 1.65. The second kappa shape index (κ2) is 5.62. The van der Waals surface area contributed by atoms with Crippen molar-refractivity contribution in [2.24, 2.45) is 12.0 Å². The minimum atomic E-state index is -2.04. The first-order chi connectivity index (χ1) is 10.9. The summed E-state index contributed by atoms with van der Waals surface area (Å²) < 4.78 is 55.4. The first kappa shape index (κ1) is 15.4. The van der Waals surface area contributed by atoms with Crippen LogP contribution in [0.25, 0.3) is 10.2 Å². The zero-order chi connectivity index (χ0) is 16.7. The zero-order valence-electron chi connectivity index (χ0n) is 11.6. The molecule has 0 unspecified atom stereocenters. The Hall–Kier alpha value is -2.48. The fourth-order valence-corrected chi connectivity index (χ4v) is 3.08. The van der Waals surface area contributed by atoms with Gasteiger partial charge in [0.25, 0.3) is 5.91 Å². The average Bonchev–Trinajstić information content (AvgIpc) is 2.85. The molecule has 2 aromatic carbocycles. The van der Waals surface area contributed by atoms with Gasteiger partial charge in [0, 0.05) is 7.05 Å². The van der Waals surface area contributed by atoms with Crippen LogP contribution < -0.4 is 4.80 Å². The summed E-state index contributed by atoms with van der Waals surface area (Å²) in [5.41, 5.74) is -0.167. The van der Waals surface area contributed by atoms with Crippen molar-refractivity contribution in [3.8, 4) is 0 Å². The van der Waals surface area contributed by atoms with Crippen LogP contribution >= 0.6 is 11.3 Å². The third-order valence-corrected chi connectivity index (χ3v) is 4.36. The summed E-state index contributed by atoms with van der Waals surface area (Å²) in [4.78, 5) is 15.9. The number of carbonyl (C=O) groups excluding carboxylic acids is 1. The molecule has 1 aromatic heterocycles. The largest absolute Gasteiger partial charge is 0.319 e. The van der Waals surface area contributed by atoms with Gasteiger partial charge in [0.05, 0.1) is 15.8 Å². The van der Waals surface area contributed by atoms with E-state index in [-0.39, 0.29) is 4.80 Å². The third kappa shape index (κ3) is 2.55. The van der Waals surface area contributed by atoms with E-state index in [0.717, 1.165) is 21.6 Å². The fourth-order valence-electron chi connectivity index (χ4n) is 2.06. The fraction of sp³-hybridized carbons (Fsp3) is 0.0667. The lowest BCUT2D eigenvalue weighted by Gasteiger charge is -2.02. The summed E-state index contributed by atoms with van der Waals surface area (Å²) in [6.07, 6.45) is 0. The maximum atomic E-state index is 13.6. The number of fused-ring (bicyclic) bond motifs is 1. The molecule has 0 spiro atoms. The highest BCUT2D eigenvalue weighted by Crippen LogP contribution is 2.20. The summed E-state index contributed by atoms with van der Waals surface area (Å²) >= 11 is 1.16. The summed E-state index contributed by atoms with van der Waals surface area (Å²) in [6.45, 7) is 0. The Morgan fingerprint density at radius 2 is 1.78 bits per heavy atom. The molecule has 3 rings (SSSR count). The number of rotatable bonds is 1. The minimum absolute atomic E-state index is 0.223. The van der Waals surface area contributed by atoms with Crippen LogP contribution in [-0.4, -0.2) is 10.5 Å². The van der Waals surface area contributed by atoms with E-state index >= 15 is 0 Å². The van der Waals surface area contributed by atoms with Crippen LogP contribution in [0.2, 0.25) is 0 Å².